The van der Waals surface area contributed by atoms with Crippen LogP contribution >= 0.6 is 24.8 Å². The summed E-state index contributed by atoms with van der Waals surface area (Å²) in [7, 11) is 0. The van der Waals surface area contributed by atoms with Crippen LogP contribution in [-0.2, 0) is 4.74 Å². The van der Waals surface area contributed by atoms with E-state index in [4.69, 9.17) is 20.4 Å². The van der Waals surface area contributed by atoms with E-state index in [0.29, 0.717) is 42.1 Å². The minimum absolute atomic E-state index is 0. The van der Waals surface area contributed by atoms with E-state index in [1.807, 2.05) is 18.5 Å². The number of hydrogen-bond acceptors (Lipinski definition) is 8. The molecule has 1 aromatic carbocycles. The SMILES string of the molecule is CCOC(=O)c1ccc(Nc2nc(N[C@H]3CC[C@H](N)CC3)nc3c2ncn3C2CCCC2)cc1.Cl.Cl. The second-order valence-electron chi connectivity index (χ2n) is 9.34. The fraction of sp³-hybridized carbons (Fsp3) is 0.520. The number of imidazole rings is 1. The summed E-state index contributed by atoms with van der Waals surface area (Å²) < 4.78 is 7.29. The summed E-state index contributed by atoms with van der Waals surface area (Å²) in [6, 6.07) is 8.24. The molecule has 0 saturated heterocycles. The molecule has 36 heavy (non-hydrogen) atoms. The molecule has 2 heterocycles. The van der Waals surface area contributed by atoms with Gasteiger partial charge in [-0.05, 0) is 69.7 Å². The van der Waals surface area contributed by atoms with E-state index in [9.17, 15) is 4.79 Å². The van der Waals surface area contributed by atoms with Gasteiger partial charge in [0.15, 0.2) is 17.0 Å². The summed E-state index contributed by atoms with van der Waals surface area (Å²) in [4.78, 5) is 26.4. The highest BCUT2D eigenvalue weighted by Gasteiger charge is 2.24. The summed E-state index contributed by atoms with van der Waals surface area (Å²) in [6.45, 7) is 2.15. The number of halogens is 2. The highest BCUT2D eigenvalue weighted by molar-refractivity contribution is 5.90. The van der Waals surface area contributed by atoms with Gasteiger partial charge >= 0.3 is 5.97 Å². The number of fused-ring (bicyclic) bond motifs is 1. The molecule has 196 valence electrons. The van der Waals surface area contributed by atoms with Crippen LogP contribution in [0, 0.1) is 0 Å². The summed E-state index contributed by atoms with van der Waals surface area (Å²) in [5.74, 6) is 0.937. The van der Waals surface area contributed by atoms with Gasteiger partial charge < -0.3 is 25.7 Å². The van der Waals surface area contributed by atoms with E-state index >= 15 is 0 Å². The Labute approximate surface area is 223 Å². The molecule has 2 aromatic heterocycles. The zero-order chi connectivity index (χ0) is 23.5. The Morgan fingerprint density at radius 2 is 1.75 bits per heavy atom. The maximum absolute atomic E-state index is 12.0. The Kier molecular flexibility index (Phi) is 9.76. The van der Waals surface area contributed by atoms with Crippen molar-refractivity contribution in [3.63, 3.8) is 0 Å². The van der Waals surface area contributed by atoms with Crippen molar-refractivity contribution in [1.82, 2.24) is 19.5 Å². The number of nitrogens with one attached hydrogen (secondary N) is 2. The fourth-order valence-electron chi connectivity index (χ4n) is 5.00. The van der Waals surface area contributed by atoms with Crippen LogP contribution in [0.3, 0.4) is 0 Å². The number of nitrogens with two attached hydrogens (primary N) is 1. The molecular weight excluding hydrogens is 501 g/mol. The molecule has 11 heteroatoms. The van der Waals surface area contributed by atoms with E-state index in [1.54, 1.807) is 19.1 Å². The zero-order valence-corrected chi connectivity index (χ0v) is 22.1. The average Bonchev–Trinajstić information content (AvgIpc) is 3.51. The van der Waals surface area contributed by atoms with Crippen LogP contribution in [0.5, 0.6) is 0 Å². The number of esters is 1. The monoisotopic (exact) mass is 535 g/mol. The highest BCUT2D eigenvalue weighted by Crippen LogP contribution is 2.34. The van der Waals surface area contributed by atoms with Crippen LogP contribution in [0.15, 0.2) is 30.6 Å². The smallest absolute Gasteiger partial charge is 0.338 e. The number of rotatable bonds is 7. The predicted octanol–water partition coefficient (Wildman–Crippen LogP) is 5.39. The molecule has 2 aliphatic carbocycles. The highest BCUT2D eigenvalue weighted by atomic mass is 35.5. The fourth-order valence-corrected chi connectivity index (χ4v) is 5.00. The van der Waals surface area contributed by atoms with Crippen LogP contribution in [0.4, 0.5) is 17.5 Å². The molecule has 0 spiro atoms. The van der Waals surface area contributed by atoms with Crippen molar-refractivity contribution in [3.05, 3.63) is 36.2 Å². The van der Waals surface area contributed by atoms with Gasteiger partial charge in [0.1, 0.15) is 0 Å². The number of carbonyl (C=O) groups excluding carboxylic acids is 1. The molecule has 0 radical (unpaired) electrons. The standard InChI is InChI=1S/C25H33N7O2.2ClH/c1-2-34-24(33)16-7-11-18(12-8-16)28-22-21-23(32(15-27-21)20-5-3-4-6-20)31-25(30-22)29-19-13-9-17(26)10-14-19;;/h7-8,11-12,15,17,19-20H,2-6,9-10,13-14,26H2,1H3,(H2,28,29,30,31);2*1H/t17-,19-;;. The first-order valence-corrected chi connectivity index (χ1v) is 12.4. The Morgan fingerprint density at radius 3 is 2.42 bits per heavy atom. The molecule has 4 N–H and O–H groups in total. The number of aromatic nitrogens is 4. The normalized spacial score (nSPS) is 19.8. The van der Waals surface area contributed by atoms with E-state index in [2.05, 4.69) is 20.2 Å². The molecule has 2 fully saturated rings. The van der Waals surface area contributed by atoms with Gasteiger partial charge in [-0.2, -0.15) is 9.97 Å². The van der Waals surface area contributed by atoms with E-state index in [-0.39, 0.29) is 30.8 Å². The molecular formula is C25H35Cl2N7O2. The molecule has 3 aromatic rings. The minimum Gasteiger partial charge on any atom is -0.462 e. The third kappa shape index (κ3) is 6.19. The van der Waals surface area contributed by atoms with Gasteiger partial charge in [-0.1, -0.05) is 12.8 Å². The lowest BCUT2D eigenvalue weighted by molar-refractivity contribution is 0.0526. The number of hydrogen-bond donors (Lipinski definition) is 3. The van der Waals surface area contributed by atoms with Gasteiger partial charge in [-0.15, -0.1) is 24.8 Å². The van der Waals surface area contributed by atoms with Crippen molar-refractivity contribution in [2.75, 3.05) is 17.2 Å². The van der Waals surface area contributed by atoms with E-state index < -0.39 is 0 Å². The largest absolute Gasteiger partial charge is 0.462 e. The van der Waals surface area contributed by atoms with Crippen LogP contribution < -0.4 is 16.4 Å². The molecule has 0 bridgehead atoms. The lowest BCUT2D eigenvalue weighted by Crippen LogP contribution is -2.33. The van der Waals surface area contributed by atoms with E-state index in [0.717, 1.165) is 55.4 Å². The second kappa shape index (κ2) is 12.6. The number of nitrogens with zero attached hydrogens (tertiary/aromatic N) is 4. The van der Waals surface area contributed by atoms with Gasteiger partial charge in [0.2, 0.25) is 5.95 Å². The van der Waals surface area contributed by atoms with Gasteiger partial charge in [-0.3, -0.25) is 0 Å². The van der Waals surface area contributed by atoms with Crippen molar-refractivity contribution in [2.45, 2.75) is 76.4 Å². The Hall–Kier alpha value is -2.62. The maximum atomic E-state index is 12.0. The zero-order valence-electron chi connectivity index (χ0n) is 20.5. The molecule has 0 atom stereocenters. The van der Waals surface area contributed by atoms with Gasteiger partial charge in [0.05, 0.1) is 18.5 Å². The summed E-state index contributed by atoms with van der Waals surface area (Å²) in [5.41, 5.74) is 9.02. The van der Waals surface area contributed by atoms with Crippen LogP contribution in [0.2, 0.25) is 0 Å². The Bertz CT molecular complexity index is 1140. The number of ether oxygens (including phenoxy) is 1. The third-order valence-corrected chi connectivity index (χ3v) is 6.90. The topological polar surface area (TPSA) is 120 Å². The van der Waals surface area contributed by atoms with E-state index in [1.165, 1.54) is 12.8 Å². The first kappa shape index (κ1) is 28.0. The summed E-state index contributed by atoms with van der Waals surface area (Å²) in [5, 5.41) is 6.94. The van der Waals surface area contributed by atoms with Crippen LogP contribution in [0.1, 0.15) is 74.7 Å². The first-order valence-electron chi connectivity index (χ1n) is 12.4. The molecule has 0 amide bonds. The second-order valence-corrected chi connectivity index (χ2v) is 9.34. The lowest BCUT2D eigenvalue weighted by Gasteiger charge is -2.27. The van der Waals surface area contributed by atoms with Crippen molar-refractivity contribution >= 4 is 59.4 Å². The number of carbonyl (C=O) groups is 1. The van der Waals surface area contributed by atoms with Crippen molar-refractivity contribution < 1.29 is 9.53 Å². The van der Waals surface area contributed by atoms with Crippen LogP contribution in [0.25, 0.3) is 11.2 Å². The first-order chi connectivity index (χ1) is 16.6. The molecule has 9 nitrogen and oxygen atoms in total. The number of anilines is 3. The lowest BCUT2D eigenvalue weighted by atomic mass is 9.92. The van der Waals surface area contributed by atoms with Gasteiger partial charge in [-0.25, -0.2) is 9.78 Å². The van der Waals surface area contributed by atoms with Crippen molar-refractivity contribution in [2.24, 2.45) is 5.73 Å². The van der Waals surface area contributed by atoms with Crippen molar-refractivity contribution in [3.8, 4) is 0 Å². The Balaban J connectivity index is 0.00000180. The Morgan fingerprint density at radius 1 is 1.06 bits per heavy atom. The molecule has 2 saturated carbocycles. The maximum Gasteiger partial charge on any atom is 0.338 e. The van der Waals surface area contributed by atoms with Crippen molar-refractivity contribution in [1.29, 1.82) is 0 Å². The van der Waals surface area contributed by atoms with Gasteiger partial charge in [0, 0.05) is 23.8 Å². The summed E-state index contributed by atoms with van der Waals surface area (Å²) in [6.07, 6.45) is 10.7. The van der Waals surface area contributed by atoms with Crippen LogP contribution in [-0.4, -0.2) is 44.2 Å². The molecule has 2 aliphatic rings. The molecule has 5 rings (SSSR count). The predicted molar refractivity (Wildman–Crippen MR) is 147 cm³/mol. The quantitative estimate of drug-likeness (QED) is 0.344. The molecule has 0 aliphatic heterocycles. The number of benzene rings is 1. The minimum atomic E-state index is -0.326. The average molecular weight is 537 g/mol. The third-order valence-electron chi connectivity index (χ3n) is 6.90. The summed E-state index contributed by atoms with van der Waals surface area (Å²) >= 11 is 0. The van der Waals surface area contributed by atoms with Gasteiger partial charge in [0.25, 0.3) is 0 Å². The molecule has 0 unspecified atom stereocenters.